The van der Waals surface area contributed by atoms with E-state index in [-0.39, 0.29) is 34.8 Å². The number of nitriles is 1. The molecule has 174 valence electrons. The number of amides is 2. The number of H-pyrrole nitrogens is 1. The average Bonchev–Trinajstić information content (AvgIpc) is 3.27. The molecule has 3 aromatic carbocycles. The van der Waals surface area contributed by atoms with E-state index < -0.39 is 11.9 Å². The van der Waals surface area contributed by atoms with Crippen LogP contribution in [0.1, 0.15) is 32.0 Å². The van der Waals surface area contributed by atoms with Crippen LogP contribution < -0.4 is 10.6 Å². The van der Waals surface area contributed by atoms with E-state index in [0.717, 1.165) is 0 Å². The molecule has 0 aliphatic heterocycles. The summed E-state index contributed by atoms with van der Waals surface area (Å²) in [6, 6.07) is 17.5. The maximum atomic E-state index is 12.8. The summed E-state index contributed by atoms with van der Waals surface area (Å²) in [4.78, 5) is 40.0. The Morgan fingerprint density at radius 2 is 1.77 bits per heavy atom. The van der Waals surface area contributed by atoms with E-state index in [1.807, 2.05) is 6.07 Å². The van der Waals surface area contributed by atoms with Crippen molar-refractivity contribution in [2.24, 2.45) is 0 Å². The van der Waals surface area contributed by atoms with E-state index in [4.69, 9.17) is 28.5 Å². The molecule has 4 N–H and O–H groups in total. The van der Waals surface area contributed by atoms with Gasteiger partial charge in [0, 0.05) is 15.4 Å². The number of hydrogen-bond acceptors (Lipinski definition) is 4. The van der Waals surface area contributed by atoms with Gasteiger partial charge in [0.2, 0.25) is 5.91 Å². The number of fused-ring (bicyclic) bond motifs is 1. The summed E-state index contributed by atoms with van der Waals surface area (Å²) >= 11 is 12.1. The largest absolute Gasteiger partial charge is 0.478 e. The molecule has 8 nitrogen and oxygen atoms in total. The molecular weight excluding hydrogens is 491 g/mol. The topological polar surface area (TPSA) is 135 Å². The van der Waals surface area contributed by atoms with Crippen molar-refractivity contribution in [1.29, 1.82) is 5.26 Å². The Labute approximate surface area is 209 Å². The number of aromatic carboxylic acids is 1. The van der Waals surface area contributed by atoms with Crippen molar-refractivity contribution in [3.8, 4) is 6.07 Å². The lowest BCUT2D eigenvalue weighted by molar-refractivity contribution is -0.115. The van der Waals surface area contributed by atoms with Gasteiger partial charge in [-0.1, -0.05) is 41.4 Å². The number of carboxylic acid groups (broad SMARTS) is 1. The Bertz CT molecular complexity index is 1540. The molecule has 0 bridgehead atoms. The first-order valence-electron chi connectivity index (χ1n) is 10.2. The quantitative estimate of drug-likeness (QED) is 0.274. The Hall–Kier alpha value is -4.32. The Balaban J connectivity index is 1.56. The molecule has 0 aliphatic rings. The number of aromatic nitrogens is 1. The minimum atomic E-state index is -1.28. The molecule has 0 spiro atoms. The van der Waals surface area contributed by atoms with Gasteiger partial charge < -0.3 is 20.7 Å². The number of nitrogens with one attached hydrogen (secondary N) is 3. The van der Waals surface area contributed by atoms with Gasteiger partial charge in [-0.15, -0.1) is 0 Å². The molecule has 1 heterocycles. The van der Waals surface area contributed by atoms with Crippen LogP contribution in [0.15, 0.2) is 60.7 Å². The Morgan fingerprint density at radius 3 is 2.49 bits per heavy atom. The second-order valence-electron chi connectivity index (χ2n) is 7.54. The highest BCUT2D eigenvalue weighted by atomic mass is 35.5. The molecule has 0 aliphatic carbocycles. The van der Waals surface area contributed by atoms with Crippen LogP contribution in [-0.4, -0.2) is 27.9 Å². The van der Waals surface area contributed by atoms with Crippen LogP contribution in [0.3, 0.4) is 0 Å². The molecule has 0 fully saturated rings. The lowest BCUT2D eigenvalue weighted by atomic mass is 10.1. The standard InChI is InChI=1S/C25H16Cl2N4O4/c26-16-6-5-14(18(27)11-16)10-22(32)29-20-3-1-2-15-9-21(30-23(15)20)24(33)31-19-7-4-13(12-28)8-17(19)25(34)35/h1-9,11,30H,10H2,(H,29,32)(H,31,33)(H,34,35). The normalized spacial score (nSPS) is 10.5. The van der Waals surface area contributed by atoms with Crippen LogP contribution in [0.5, 0.6) is 0 Å². The number of halogens is 2. The maximum absolute atomic E-state index is 12.8. The number of carbonyl (C=O) groups excluding carboxylic acids is 2. The van der Waals surface area contributed by atoms with Crippen LogP contribution >= 0.6 is 23.2 Å². The summed E-state index contributed by atoms with van der Waals surface area (Å²) in [5.74, 6) is -2.18. The number of carbonyl (C=O) groups is 3. The smallest absolute Gasteiger partial charge is 0.337 e. The summed E-state index contributed by atoms with van der Waals surface area (Å²) in [5.41, 5.74) is 1.75. The van der Waals surface area contributed by atoms with Crippen molar-refractivity contribution in [1.82, 2.24) is 4.98 Å². The van der Waals surface area contributed by atoms with Crippen molar-refractivity contribution < 1.29 is 19.5 Å². The molecule has 2 amide bonds. The summed E-state index contributed by atoms with van der Waals surface area (Å²) in [6.45, 7) is 0. The molecule has 35 heavy (non-hydrogen) atoms. The lowest BCUT2D eigenvalue weighted by Gasteiger charge is -2.09. The summed E-state index contributed by atoms with van der Waals surface area (Å²) < 4.78 is 0. The average molecular weight is 507 g/mol. The molecule has 4 aromatic rings. The third-order valence-corrected chi connectivity index (χ3v) is 5.76. The number of aromatic amines is 1. The molecule has 0 radical (unpaired) electrons. The predicted molar refractivity (Wildman–Crippen MR) is 133 cm³/mol. The first-order valence-corrected chi connectivity index (χ1v) is 10.9. The van der Waals surface area contributed by atoms with Crippen LogP contribution in [0.4, 0.5) is 11.4 Å². The van der Waals surface area contributed by atoms with E-state index in [9.17, 15) is 19.5 Å². The molecule has 0 atom stereocenters. The highest BCUT2D eigenvalue weighted by Crippen LogP contribution is 2.26. The zero-order chi connectivity index (χ0) is 25.1. The van der Waals surface area contributed by atoms with E-state index in [1.165, 1.54) is 18.2 Å². The van der Waals surface area contributed by atoms with E-state index >= 15 is 0 Å². The summed E-state index contributed by atoms with van der Waals surface area (Å²) in [5, 5.41) is 25.3. The second-order valence-corrected chi connectivity index (χ2v) is 8.39. The number of rotatable bonds is 6. The zero-order valence-electron chi connectivity index (χ0n) is 17.9. The summed E-state index contributed by atoms with van der Waals surface area (Å²) in [7, 11) is 0. The molecule has 10 heteroatoms. The highest BCUT2D eigenvalue weighted by Gasteiger charge is 2.17. The lowest BCUT2D eigenvalue weighted by Crippen LogP contribution is -2.16. The van der Waals surface area contributed by atoms with Gasteiger partial charge in [0.05, 0.1) is 40.5 Å². The van der Waals surface area contributed by atoms with Gasteiger partial charge in [0.15, 0.2) is 0 Å². The SMILES string of the molecule is N#Cc1ccc(NC(=O)c2cc3cccc(NC(=O)Cc4ccc(Cl)cc4Cl)c3[nH]2)c(C(=O)O)c1. The number of nitrogens with zero attached hydrogens (tertiary/aromatic N) is 1. The van der Waals surface area contributed by atoms with E-state index in [1.54, 1.807) is 42.5 Å². The molecule has 1 aromatic heterocycles. The number of para-hydroxylation sites is 1. The molecular formula is C25H16Cl2N4O4. The number of anilines is 2. The minimum Gasteiger partial charge on any atom is -0.478 e. The maximum Gasteiger partial charge on any atom is 0.337 e. The first-order chi connectivity index (χ1) is 16.7. The fourth-order valence-electron chi connectivity index (χ4n) is 3.50. The Morgan fingerprint density at radius 1 is 0.971 bits per heavy atom. The van der Waals surface area contributed by atoms with Crippen molar-refractivity contribution in [2.75, 3.05) is 10.6 Å². The van der Waals surface area contributed by atoms with Crippen LogP contribution in [0.2, 0.25) is 10.0 Å². The molecule has 0 unspecified atom stereocenters. The fraction of sp³-hybridized carbons (Fsp3) is 0.0400. The van der Waals surface area contributed by atoms with Crippen molar-refractivity contribution in [2.45, 2.75) is 6.42 Å². The molecule has 0 saturated heterocycles. The molecule has 4 rings (SSSR count). The first kappa shape index (κ1) is 23.8. The van der Waals surface area contributed by atoms with E-state index in [0.29, 0.717) is 32.2 Å². The van der Waals surface area contributed by atoms with Crippen LogP contribution in [0, 0.1) is 11.3 Å². The number of carboxylic acids is 1. The Kier molecular flexibility index (Phi) is 6.73. The molecule has 0 saturated carbocycles. The predicted octanol–water partition coefficient (Wildman–Crippen LogP) is 5.48. The highest BCUT2D eigenvalue weighted by molar-refractivity contribution is 6.35. The van der Waals surface area contributed by atoms with Crippen LogP contribution in [0.25, 0.3) is 10.9 Å². The second kappa shape index (κ2) is 9.89. The zero-order valence-corrected chi connectivity index (χ0v) is 19.4. The van der Waals surface area contributed by atoms with Gasteiger partial charge in [-0.3, -0.25) is 9.59 Å². The van der Waals surface area contributed by atoms with Gasteiger partial charge in [-0.25, -0.2) is 4.79 Å². The van der Waals surface area contributed by atoms with Crippen molar-refractivity contribution in [3.63, 3.8) is 0 Å². The van der Waals surface area contributed by atoms with Crippen LogP contribution in [-0.2, 0) is 11.2 Å². The third-order valence-electron chi connectivity index (χ3n) is 5.17. The van der Waals surface area contributed by atoms with Crippen molar-refractivity contribution in [3.05, 3.63) is 93.1 Å². The van der Waals surface area contributed by atoms with Gasteiger partial charge in [0.25, 0.3) is 5.91 Å². The minimum absolute atomic E-state index is 0.0249. The summed E-state index contributed by atoms with van der Waals surface area (Å²) in [6.07, 6.45) is 0.0249. The number of benzene rings is 3. The third kappa shape index (κ3) is 5.27. The van der Waals surface area contributed by atoms with Gasteiger partial charge in [-0.05, 0) is 48.0 Å². The fourth-order valence-corrected chi connectivity index (χ4v) is 3.98. The monoisotopic (exact) mass is 506 g/mol. The van der Waals surface area contributed by atoms with Gasteiger partial charge >= 0.3 is 5.97 Å². The number of hydrogen-bond donors (Lipinski definition) is 4. The van der Waals surface area contributed by atoms with Gasteiger partial charge in [-0.2, -0.15) is 5.26 Å². The van der Waals surface area contributed by atoms with E-state index in [2.05, 4.69) is 15.6 Å². The van der Waals surface area contributed by atoms with Crippen molar-refractivity contribution >= 4 is 63.3 Å². The van der Waals surface area contributed by atoms with Gasteiger partial charge in [0.1, 0.15) is 5.69 Å².